The molecule has 2 amide bonds. The van der Waals surface area contributed by atoms with Gasteiger partial charge < -0.3 is 15.0 Å². The highest BCUT2D eigenvalue weighted by Gasteiger charge is 2.71. The summed E-state index contributed by atoms with van der Waals surface area (Å²) in [6.45, 7) is 3.27. The van der Waals surface area contributed by atoms with E-state index in [1.165, 1.54) is 0 Å². The van der Waals surface area contributed by atoms with Gasteiger partial charge in [-0.1, -0.05) is 66.2 Å². The molecule has 4 atom stereocenters. The monoisotopic (exact) mass is 422 g/mol. The molecule has 1 spiro atoms. The van der Waals surface area contributed by atoms with Gasteiger partial charge in [-0.25, -0.2) is 0 Å². The molecule has 2 fully saturated rings. The first-order valence-electron chi connectivity index (χ1n) is 10.2. The molecular formula is C24H23ClN2O3. The Morgan fingerprint density at radius 1 is 1.13 bits per heavy atom. The maximum atomic E-state index is 13.4. The molecule has 0 aromatic heterocycles. The lowest BCUT2D eigenvalue weighted by Crippen LogP contribution is -2.47. The van der Waals surface area contributed by atoms with Crippen molar-refractivity contribution in [3.8, 4) is 0 Å². The van der Waals surface area contributed by atoms with Gasteiger partial charge in [0.1, 0.15) is 5.60 Å². The van der Waals surface area contributed by atoms with Crippen LogP contribution in [0.25, 0.3) is 0 Å². The molecule has 2 saturated heterocycles. The number of benzene rings is 2. The van der Waals surface area contributed by atoms with Crippen molar-refractivity contribution in [1.29, 1.82) is 0 Å². The molecule has 1 N–H and O–H groups in total. The molecular weight excluding hydrogens is 400 g/mol. The zero-order chi connectivity index (χ0) is 20.9. The van der Waals surface area contributed by atoms with Gasteiger partial charge in [-0.15, -0.1) is 0 Å². The zero-order valence-electron chi connectivity index (χ0n) is 16.7. The molecule has 3 aliphatic rings. The minimum absolute atomic E-state index is 0.0152. The molecule has 2 bridgehead atoms. The van der Waals surface area contributed by atoms with Gasteiger partial charge >= 0.3 is 0 Å². The summed E-state index contributed by atoms with van der Waals surface area (Å²) in [5.74, 6) is -1.22. The normalized spacial score (nSPS) is 31.3. The number of hydrogen-bond donors (Lipinski definition) is 1. The van der Waals surface area contributed by atoms with Crippen LogP contribution in [-0.2, 0) is 27.4 Å². The maximum absolute atomic E-state index is 13.4. The first-order valence-corrected chi connectivity index (χ1v) is 10.5. The average molecular weight is 423 g/mol. The predicted octanol–water partition coefficient (Wildman–Crippen LogP) is 3.33. The molecule has 6 heteroatoms. The minimum Gasteiger partial charge on any atom is -0.357 e. The first-order chi connectivity index (χ1) is 14.4. The Bertz CT molecular complexity index is 1020. The lowest BCUT2D eigenvalue weighted by atomic mass is 9.72. The van der Waals surface area contributed by atoms with E-state index in [0.717, 1.165) is 11.1 Å². The topological polar surface area (TPSA) is 58.6 Å². The number of fused-ring (bicyclic) bond motifs is 1. The second-order valence-corrected chi connectivity index (χ2v) is 8.99. The summed E-state index contributed by atoms with van der Waals surface area (Å²) in [7, 11) is 0. The van der Waals surface area contributed by atoms with Crippen molar-refractivity contribution < 1.29 is 14.3 Å². The van der Waals surface area contributed by atoms with E-state index >= 15 is 0 Å². The minimum atomic E-state index is -0.761. The summed E-state index contributed by atoms with van der Waals surface area (Å²) in [5, 5.41) is 3.65. The highest BCUT2D eigenvalue weighted by Crippen LogP contribution is 2.57. The van der Waals surface area contributed by atoms with E-state index in [2.05, 4.69) is 5.32 Å². The van der Waals surface area contributed by atoms with E-state index < -0.39 is 23.0 Å². The van der Waals surface area contributed by atoms with E-state index in [1.54, 1.807) is 12.1 Å². The SMILES string of the molecule is C[C@]12C=CC3(CN(Cc4ccccc4)C(=O)[C@@H]3[C@@H]1C(=O)NCc1ccc(Cl)cc1)O2. The van der Waals surface area contributed by atoms with Gasteiger partial charge in [0.05, 0.1) is 24.0 Å². The number of nitrogens with one attached hydrogen (secondary N) is 1. The molecule has 2 aromatic carbocycles. The van der Waals surface area contributed by atoms with Crippen LogP contribution in [0.4, 0.5) is 0 Å². The van der Waals surface area contributed by atoms with E-state index in [9.17, 15) is 9.59 Å². The highest BCUT2D eigenvalue weighted by molar-refractivity contribution is 6.30. The smallest absolute Gasteiger partial charge is 0.230 e. The second-order valence-electron chi connectivity index (χ2n) is 8.55. The number of rotatable bonds is 5. The number of carbonyl (C=O) groups excluding carboxylic acids is 2. The molecule has 0 aliphatic carbocycles. The molecule has 5 rings (SSSR count). The molecule has 0 saturated carbocycles. The molecule has 30 heavy (non-hydrogen) atoms. The quantitative estimate of drug-likeness (QED) is 0.752. The van der Waals surface area contributed by atoms with E-state index in [-0.39, 0.29) is 11.8 Å². The fourth-order valence-corrected chi connectivity index (χ4v) is 5.22. The third-order valence-electron chi connectivity index (χ3n) is 6.48. The summed E-state index contributed by atoms with van der Waals surface area (Å²) in [6.07, 6.45) is 3.94. The zero-order valence-corrected chi connectivity index (χ0v) is 17.4. The Kier molecular flexibility index (Phi) is 4.49. The molecule has 0 radical (unpaired) electrons. The molecule has 2 aromatic rings. The number of carbonyl (C=O) groups is 2. The fourth-order valence-electron chi connectivity index (χ4n) is 5.09. The molecule has 1 unspecified atom stereocenters. The van der Waals surface area contributed by atoms with Crippen LogP contribution in [0.15, 0.2) is 66.7 Å². The van der Waals surface area contributed by atoms with Crippen LogP contribution in [0.5, 0.6) is 0 Å². The maximum Gasteiger partial charge on any atom is 0.230 e. The summed E-state index contributed by atoms with van der Waals surface area (Å²) >= 11 is 5.93. The Balaban J connectivity index is 1.35. The van der Waals surface area contributed by atoms with Gasteiger partial charge in [0.2, 0.25) is 11.8 Å². The lowest BCUT2D eigenvalue weighted by molar-refractivity contribution is -0.139. The summed E-state index contributed by atoms with van der Waals surface area (Å²) in [5.41, 5.74) is 0.540. The number of amides is 2. The third-order valence-corrected chi connectivity index (χ3v) is 6.73. The van der Waals surface area contributed by atoms with Gasteiger partial charge in [-0.2, -0.15) is 0 Å². The summed E-state index contributed by atoms with van der Waals surface area (Å²) in [6, 6.07) is 17.2. The second kappa shape index (κ2) is 6.96. The van der Waals surface area contributed by atoms with Crippen molar-refractivity contribution >= 4 is 23.4 Å². The summed E-state index contributed by atoms with van der Waals surface area (Å²) < 4.78 is 6.36. The largest absolute Gasteiger partial charge is 0.357 e. The van der Waals surface area contributed by atoms with E-state index in [4.69, 9.17) is 16.3 Å². The van der Waals surface area contributed by atoms with Crippen LogP contribution in [0.2, 0.25) is 5.02 Å². The van der Waals surface area contributed by atoms with E-state index in [1.807, 2.05) is 66.4 Å². The van der Waals surface area contributed by atoms with Gasteiger partial charge in [0.15, 0.2) is 0 Å². The van der Waals surface area contributed by atoms with Crippen molar-refractivity contribution in [1.82, 2.24) is 10.2 Å². The molecule has 5 nitrogen and oxygen atoms in total. The standard InChI is InChI=1S/C24H23ClN2O3/c1-23-11-12-24(30-23)15-27(14-17-5-3-2-4-6-17)22(29)20(24)19(23)21(28)26-13-16-7-9-18(25)10-8-16/h2-12,19-20H,13-15H2,1H3,(H,26,28)/t19-,20+,23+,24?/m1/s1. The van der Waals surface area contributed by atoms with Crippen LogP contribution < -0.4 is 5.32 Å². The first kappa shape index (κ1) is 19.3. The van der Waals surface area contributed by atoms with Crippen molar-refractivity contribution in [3.05, 3.63) is 82.9 Å². The summed E-state index contributed by atoms with van der Waals surface area (Å²) in [4.78, 5) is 28.4. The van der Waals surface area contributed by atoms with Crippen molar-refractivity contribution in [2.75, 3.05) is 6.54 Å². The predicted molar refractivity (Wildman–Crippen MR) is 113 cm³/mol. The van der Waals surface area contributed by atoms with Gasteiger partial charge in [-0.05, 0) is 30.2 Å². The van der Waals surface area contributed by atoms with E-state index in [0.29, 0.717) is 24.7 Å². The highest BCUT2D eigenvalue weighted by atomic mass is 35.5. The number of likely N-dealkylation sites (tertiary alicyclic amines) is 1. The van der Waals surface area contributed by atoms with Crippen LogP contribution in [-0.4, -0.2) is 34.5 Å². The van der Waals surface area contributed by atoms with Crippen LogP contribution in [0.3, 0.4) is 0 Å². The Hall–Kier alpha value is -2.63. The van der Waals surface area contributed by atoms with Crippen molar-refractivity contribution in [2.45, 2.75) is 31.2 Å². The van der Waals surface area contributed by atoms with Crippen molar-refractivity contribution in [2.24, 2.45) is 11.8 Å². The Labute approximate surface area is 180 Å². The van der Waals surface area contributed by atoms with Crippen LogP contribution in [0, 0.1) is 11.8 Å². The number of nitrogens with zero attached hydrogens (tertiary/aromatic N) is 1. The van der Waals surface area contributed by atoms with Crippen molar-refractivity contribution in [3.63, 3.8) is 0 Å². The molecule has 154 valence electrons. The number of halogens is 1. The lowest BCUT2D eigenvalue weighted by Gasteiger charge is -2.29. The molecule has 3 heterocycles. The van der Waals surface area contributed by atoms with Crippen LogP contribution in [0.1, 0.15) is 18.1 Å². The molecule has 3 aliphatic heterocycles. The fraction of sp³-hybridized carbons (Fsp3) is 0.333. The third kappa shape index (κ3) is 3.04. The average Bonchev–Trinajstić information content (AvgIpc) is 3.30. The number of ether oxygens (including phenoxy) is 1. The Morgan fingerprint density at radius 2 is 1.87 bits per heavy atom. The van der Waals surface area contributed by atoms with Gasteiger partial charge in [0, 0.05) is 18.1 Å². The Morgan fingerprint density at radius 3 is 2.60 bits per heavy atom. The van der Waals surface area contributed by atoms with Gasteiger partial charge in [-0.3, -0.25) is 9.59 Å². The van der Waals surface area contributed by atoms with Gasteiger partial charge in [0.25, 0.3) is 0 Å². The number of hydrogen-bond acceptors (Lipinski definition) is 3. The van der Waals surface area contributed by atoms with Crippen LogP contribution >= 0.6 is 11.6 Å².